The van der Waals surface area contributed by atoms with Crippen LogP contribution in [-0.4, -0.2) is 19.3 Å². The summed E-state index contributed by atoms with van der Waals surface area (Å²) in [6.45, 7) is 0. The van der Waals surface area contributed by atoms with E-state index < -0.39 is 15.7 Å². The number of nitrogens with two attached hydrogens (primary N) is 2. The topological polar surface area (TPSA) is 128 Å². The third-order valence-corrected chi connectivity index (χ3v) is 6.48. The Morgan fingerprint density at radius 2 is 1.52 bits per heavy atom. The SMILES string of the molecule is Nc1ccc(C(=O)Nc2ncc(S(=O)(=O)c3ccc(N)cc3)s2)cc1. The van der Waals surface area contributed by atoms with Crippen LogP contribution in [0.15, 0.2) is 63.8 Å². The Bertz CT molecular complexity index is 1010. The molecule has 0 radical (unpaired) electrons. The second kappa shape index (κ2) is 6.54. The van der Waals surface area contributed by atoms with Gasteiger partial charge in [0.25, 0.3) is 5.91 Å². The van der Waals surface area contributed by atoms with Crippen LogP contribution in [0.5, 0.6) is 0 Å². The quantitative estimate of drug-likeness (QED) is 0.602. The van der Waals surface area contributed by atoms with E-state index in [1.165, 1.54) is 30.5 Å². The van der Waals surface area contributed by atoms with E-state index >= 15 is 0 Å². The number of carbonyl (C=O) groups excluding carboxylic acids is 1. The van der Waals surface area contributed by atoms with E-state index in [1.807, 2.05) is 0 Å². The van der Waals surface area contributed by atoms with E-state index in [0.29, 0.717) is 16.9 Å². The standard InChI is InChI=1S/C16H14N4O3S2/c17-11-3-1-10(2-4-11)15(21)20-16-19-9-14(24-16)25(22,23)13-7-5-12(18)6-8-13/h1-9H,17-18H2,(H,19,20,21). The van der Waals surface area contributed by atoms with Crippen molar-refractivity contribution in [2.75, 3.05) is 16.8 Å². The third kappa shape index (κ3) is 3.62. The fourth-order valence-electron chi connectivity index (χ4n) is 2.01. The first-order valence-electron chi connectivity index (χ1n) is 7.09. The molecule has 128 valence electrons. The monoisotopic (exact) mass is 374 g/mol. The Morgan fingerprint density at radius 3 is 2.12 bits per heavy atom. The zero-order chi connectivity index (χ0) is 18.0. The number of sulfone groups is 1. The van der Waals surface area contributed by atoms with Gasteiger partial charge >= 0.3 is 0 Å². The molecule has 0 atom stereocenters. The Labute approximate surface area is 148 Å². The largest absolute Gasteiger partial charge is 0.399 e. The molecule has 3 rings (SSSR count). The average molecular weight is 374 g/mol. The predicted octanol–water partition coefficient (Wildman–Crippen LogP) is 2.39. The number of rotatable bonds is 4. The Hall–Kier alpha value is -2.91. The minimum Gasteiger partial charge on any atom is -0.399 e. The minimum atomic E-state index is -3.71. The van der Waals surface area contributed by atoms with Gasteiger partial charge in [0.2, 0.25) is 9.84 Å². The van der Waals surface area contributed by atoms with Crippen molar-refractivity contribution in [3.05, 3.63) is 60.3 Å². The van der Waals surface area contributed by atoms with E-state index in [2.05, 4.69) is 10.3 Å². The van der Waals surface area contributed by atoms with E-state index in [9.17, 15) is 13.2 Å². The number of amides is 1. The Balaban J connectivity index is 1.81. The molecule has 0 saturated carbocycles. The summed E-state index contributed by atoms with van der Waals surface area (Å²) in [6.07, 6.45) is 1.22. The van der Waals surface area contributed by atoms with E-state index in [1.54, 1.807) is 24.3 Å². The molecular weight excluding hydrogens is 360 g/mol. The van der Waals surface area contributed by atoms with Crippen molar-refractivity contribution in [3.63, 3.8) is 0 Å². The molecule has 0 aliphatic carbocycles. The molecule has 7 nitrogen and oxygen atoms in total. The van der Waals surface area contributed by atoms with Gasteiger partial charge in [0, 0.05) is 16.9 Å². The number of aromatic nitrogens is 1. The van der Waals surface area contributed by atoms with E-state index in [-0.39, 0.29) is 14.2 Å². The first kappa shape index (κ1) is 16.9. The minimum absolute atomic E-state index is 0.0323. The van der Waals surface area contributed by atoms with Crippen LogP contribution in [0.3, 0.4) is 0 Å². The van der Waals surface area contributed by atoms with Gasteiger partial charge in [0.1, 0.15) is 4.21 Å². The van der Waals surface area contributed by atoms with E-state index in [4.69, 9.17) is 11.5 Å². The lowest BCUT2D eigenvalue weighted by atomic mass is 10.2. The summed E-state index contributed by atoms with van der Waals surface area (Å²) < 4.78 is 25.1. The fourth-order valence-corrected chi connectivity index (χ4v) is 4.44. The van der Waals surface area contributed by atoms with Crippen molar-refractivity contribution in [2.24, 2.45) is 0 Å². The molecule has 0 unspecified atom stereocenters. The molecule has 1 heterocycles. The molecule has 1 amide bonds. The summed E-state index contributed by atoms with van der Waals surface area (Å²) >= 11 is 0.878. The highest BCUT2D eigenvalue weighted by atomic mass is 32.2. The molecule has 0 saturated heterocycles. The van der Waals surface area contributed by atoms with Gasteiger partial charge in [-0.2, -0.15) is 0 Å². The molecule has 0 spiro atoms. The van der Waals surface area contributed by atoms with Crippen LogP contribution in [0.1, 0.15) is 10.4 Å². The highest BCUT2D eigenvalue weighted by Gasteiger charge is 2.21. The lowest BCUT2D eigenvalue weighted by Crippen LogP contribution is -2.11. The van der Waals surface area contributed by atoms with Gasteiger partial charge < -0.3 is 11.5 Å². The number of thiazole rings is 1. The van der Waals surface area contributed by atoms with Gasteiger partial charge in [0.15, 0.2) is 5.13 Å². The summed E-state index contributed by atoms with van der Waals surface area (Å²) in [5.41, 5.74) is 12.6. The number of hydrogen-bond acceptors (Lipinski definition) is 7. The second-order valence-corrected chi connectivity index (χ2v) is 8.34. The molecule has 0 bridgehead atoms. The maximum Gasteiger partial charge on any atom is 0.257 e. The zero-order valence-corrected chi connectivity index (χ0v) is 14.5. The lowest BCUT2D eigenvalue weighted by molar-refractivity contribution is 0.102. The highest BCUT2D eigenvalue weighted by molar-refractivity contribution is 7.93. The number of nitrogens with one attached hydrogen (secondary N) is 1. The molecule has 0 aliphatic rings. The number of nitrogen functional groups attached to an aromatic ring is 2. The van der Waals surface area contributed by atoms with Crippen LogP contribution in [0, 0.1) is 0 Å². The molecule has 3 aromatic rings. The molecule has 25 heavy (non-hydrogen) atoms. The molecule has 1 aromatic heterocycles. The summed E-state index contributed by atoms with van der Waals surface area (Å²) in [5, 5.41) is 2.76. The van der Waals surface area contributed by atoms with Gasteiger partial charge in [-0.1, -0.05) is 11.3 Å². The van der Waals surface area contributed by atoms with Crippen LogP contribution >= 0.6 is 11.3 Å². The maximum absolute atomic E-state index is 12.6. The predicted molar refractivity (Wildman–Crippen MR) is 97.2 cm³/mol. The smallest absolute Gasteiger partial charge is 0.257 e. The van der Waals surface area contributed by atoms with Crippen molar-refractivity contribution in [1.82, 2.24) is 4.98 Å². The molecule has 2 aromatic carbocycles. The average Bonchev–Trinajstić information content (AvgIpc) is 3.05. The maximum atomic E-state index is 12.6. The van der Waals surface area contributed by atoms with Crippen molar-refractivity contribution in [1.29, 1.82) is 0 Å². The third-order valence-electron chi connectivity index (χ3n) is 3.33. The fraction of sp³-hybridized carbons (Fsp3) is 0. The highest BCUT2D eigenvalue weighted by Crippen LogP contribution is 2.29. The first-order chi connectivity index (χ1) is 11.9. The Morgan fingerprint density at radius 1 is 0.960 bits per heavy atom. The van der Waals surface area contributed by atoms with Gasteiger partial charge in [-0.25, -0.2) is 13.4 Å². The molecular formula is C16H14N4O3S2. The summed E-state index contributed by atoms with van der Waals surface area (Å²) in [4.78, 5) is 16.2. The van der Waals surface area contributed by atoms with Crippen molar-refractivity contribution < 1.29 is 13.2 Å². The van der Waals surface area contributed by atoms with Crippen LogP contribution in [0.4, 0.5) is 16.5 Å². The van der Waals surface area contributed by atoms with Crippen LogP contribution in [-0.2, 0) is 9.84 Å². The molecule has 0 aliphatic heterocycles. The first-order valence-corrected chi connectivity index (χ1v) is 9.39. The van der Waals surface area contributed by atoms with Gasteiger partial charge in [-0.15, -0.1) is 0 Å². The second-order valence-electron chi connectivity index (χ2n) is 5.13. The summed E-state index contributed by atoms with van der Waals surface area (Å²) in [6, 6.07) is 12.2. The number of anilines is 3. The van der Waals surface area contributed by atoms with Crippen LogP contribution in [0.2, 0.25) is 0 Å². The van der Waals surface area contributed by atoms with Crippen molar-refractivity contribution >= 4 is 43.6 Å². The molecule has 5 N–H and O–H groups in total. The molecule has 0 fully saturated rings. The number of hydrogen-bond donors (Lipinski definition) is 3. The van der Waals surface area contributed by atoms with Crippen LogP contribution < -0.4 is 16.8 Å². The molecule has 9 heteroatoms. The van der Waals surface area contributed by atoms with Gasteiger partial charge in [-0.05, 0) is 48.5 Å². The normalized spacial score (nSPS) is 11.2. The number of benzene rings is 2. The lowest BCUT2D eigenvalue weighted by Gasteiger charge is -2.02. The number of nitrogens with zero attached hydrogens (tertiary/aromatic N) is 1. The van der Waals surface area contributed by atoms with Gasteiger partial charge in [0.05, 0.1) is 11.1 Å². The number of carbonyl (C=O) groups is 1. The van der Waals surface area contributed by atoms with Crippen LogP contribution in [0.25, 0.3) is 0 Å². The van der Waals surface area contributed by atoms with E-state index in [0.717, 1.165) is 11.3 Å². The Kier molecular flexibility index (Phi) is 4.43. The van der Waals surface area contributed by atoms with Crippen molar-refractivity contribution in [2.45, 2.75) is 9.10 Å². The summed E-state index contributed by atoms with van der Waals surface area (Å²) in [7, 11) is -3.71. The zero-order valence-electron chi connectivity index (χ0n) is 12.8. The summed E-state index contributed by atoms with van der Waals surface area (Å²) in [5.74, 6) is -0.397. The van der Waals surface area contributed by atoms with Gasteiger partial charge in [-0.3, -0.25) is 10.1 Å². The van der Waals surface area contributed by atoms with Crippen molar-refractivity contribution in [3.8, 4) is 0 Å².